The largest absolute Gasteiger partial charge is 0.478 e. The van der Waals surface area contributed by atoms with Crippen LogP contribution in [0.15, 0.2) is 23.1 Å². The van der Waals surface area contributed by atoms with Gasteiger partial charge in [-0.25, -0.2) is 4.79 Å². The van der Waals surface area contributed by atoms with Gasteiger partial charge in [-0.1, -0.05) is 0 Å². The van der Waals surface area contributed by atoms with Gasteiger partial charge in [0.05, 0.1) is 0 Å². The fraction of sp³-hybridized carbons (Fsp3) is 0. The first-order valence-corrected chi connectivity index (χ1v) is 4.20. The fourth-order valence-electron chi connectivity index (χ4n) is 1.06. The van der Waals surface area contributed by atoms with Gasteiger partial charge in [0.1, 0.15) is 11.9 Å². The number of rotatable bonds is 1. The van der Waals surface area contributed by atoms with Gasteiger partial charge >= 0.3 is 5.97 Å². The number of pyridine rings is 1. The van der Waals surface area contributed by atoms with Crippen molar-refractivity contribution in [1.82, 2.24) is 14.6 Å². The molecule has 0 bridgehead atoms. The van der Waals surface area contributed by atoms with E-state index in [2.05, 4.69) is 26.1 Å². The van der Waals surface area contributed by atoms with Crippen molar-refractivity contribution in [3.63, 3.8) is 0 Å². The van der Waals surface area contributed by atoms with Crippen LogP contribution in [0, 0.1) is 0 Å². The molecule has 0 aliphatic rings. The number of fused-ring (bicyclic) bond motifs is 1. The maximum Gasteiger partial charge on any atom is 0.339 e. The van der Waals surface area contributed by atoms with Crippen LogP contribution in [0.4, 0.5) is 0 Å². The third kappa shape index (κ3) is 1.29. The van der Waals surface area contributed by atoms with E-state index >= 15 is 0 Å². The number of aromatic nitrogens is 3. The highest BCUT2D eigenvalue weighted by molar-refractivity contribution is 9.10. The molecule has 0 aliphatic heterocycles. The summed E-state index contributed by atoms with van der Waals surface area (Å²) in [7, 11) is 0. The molecule has 66 valence electrons. The maximum absolute atomic E-state index is 10.8. The molecule has 2 aromatic heterocycles. The first kappa shape index (κ1) is 8.18. The molecule has 0 radical (unpaired) electrons. The number of nitrogens with zero attached hydrogens (tertiary/aromatic N) is 3. The zero-order valence-corrected chi connectivity index (χ0v) is 7.89. The zero-order valence-electron chi connectivity index (χ0n) is 6.31. The molecule has 13 heavy (non-hydrogen) atoms. The summed E-state index contributed by atoms with van der Waals surface area (Å²) in [5, 5.41) is 16.1. The summed E-state index contributed by atoms with van der Waals surface area (Å²) in [6.45, 7) is 0. The monoisotopic (exact) mass is 241 g/mol. The van der Waals surface area contributed by atoms with Gasteiger partial charge in [-0.3, -0.25) is 4.40 Å². The van der Waals surface area contributed by atoms with E-state index in [0.717, 1.165) is 0 Å². The van der Waals surface area contributed by atoms with Crippen molar-refractivity contribution < 1.29 is 9.90 Å². The molecule has 0 unspecified atom stereocenters. The van der Waals surface area contributed by atoms with E-state index < -0.39 is 5.97 Å². The van der Waals surface area contributed by atoms with Crippen LogP contribution in [0.25, 0.3) is 5.65 Å². The SMILES string of the molecule is O=C(O)c1cc(Br)cn2cnnc12. The molecule has 6 heteroatoms. The summed E-state index contributed by atoms with van der Waals surface area (Å²) in [4.78, 5) is 10.8. The molecule has 0 saturated carbocycles. The second-order valence-electron chi connectivity index (χ2n) is 2.44. The molecule has 1 N–H and O–H groups in total. The van der Waals surface area contributed by atoms with Crippen molar-refractivity contribution in [2.24, 2.45) is 0 Å². The minimum absolute atomic E-state index is 0.131. The lowest BCUT2D eigenvalue weighted by atomic mass is 10.3. The number of carbonyl (C=O) groups is 1. The standard InChI is InChI=1S/C7H4BrN3O2/c8-4-1-5(7(12)13)6-10-9-3-11(6)2-4/h1-3H,(H,12,13). The van der Waals surface area contributed by atoms with Crippen molar-refractivity contribution >= 4 is 27.5 Å². The molecule has 2 heterocycles. The van der Waals surface area contributed by atoms with Crippen molar-refractivity contribution in [3.8, 4) is 0 Å². The van der Waals surface area contributed by atoms with E-state index in [9.17, 15) is 4.79 Å². The average molecular weight is 242 g/mol. The summed E-state index contributed by atoms with van der Waals surface area (Å²) in [6.07, 6.45) is 3.15. The van der Waals surface area contributed by atoms with Crippen LogP contribution in [-0.4, -0.2) is 25.7 Å². The summed E-state index contributed by atoms with van der Waals surface area (Å²) in [5.41, 5.74) is 0.475. The van der Waals surface area contributed by atoms with E-state index in [1.54, 1.807) is 10.6 Å². The molecule has 0 saturated heterocycles. The van der Waals surface area contributed by atoms with Crippen LogP contribution >= 0.6 is 15.9 Å². The van der Waals surface area contributed by atoms with Crippen LogP contribution in [0.2, 0.25) is 0 Å². The summed E-state index contributed by atoms with van der Waals surface area (Å²) in [6, 6.07) is 1.49. The third-order valence-corrected chi connectivity index (χ3v) is 2.02. The van der Waals surface area contributed by atoms with Gasteiger partial charge in [-0.05, 0) is 22.0 Å². The van der Waals surface area contributed by atoms with Crippen molar-refractivity contribution in [2.45, 2.75) is 0 Å². The highest BCUT2D eigenvalue weighted by Crippen LogP contribution is 2.15. The van der Waals surface area contributed by atoms with E-state index in [0.29, 0.717) is 10.1 Å². The molecule has 0 atom stereocenters. The summed E-state index contributed by atoms with van der Waals surface area (Å²) < 4.78 is 2.23. The minimum atomic E-state index is -1.01. The number of carboxylic acid groups (broad SMARTS) is 1. The molecule has 5 nitrogen and oxygen atoms in total. The molecule has 0 spiro atoms. The second kappa shape index (κ2) is 2.81. The van der Waals surface area contributed by atoms with Crippen LogP contribution in [-0.2, 0) is 0 Å². The Morgan fingerprint density at radius 1 is 1.62 bits per heavy atom. The quantitative estimate of drug-likeness (QED) is 0.815. The van der Waals surface area contributed by atoms with E-state index in [1.165, 1.54) is 12.4 Å². The molecule has 2 rings (SSSR count). The molecule has 0 amide bonds. The Labute approximate surface area is 81.1 Å². The predicted octanol–water partition coefficient (Wildman–Crippen LogP) is 1.19. The van der Waals surface area contributed by atoms with E-state index in [4.69, 9.17) is 5.11 Å². The summed E-state index contributed by atoms with van der Waals surface area (Å²) >= 11 is 3.20. The van der Waals surface area contributed by atoms with Gasteiger partial charge in [0.15, 0.2) is 5.65 Å². The molecule has 0 aromatic carbocycles. The zero-order chi connectivity index (χ0) is 9.42. The maximum atomic E-state index is 10.8. The number of aromatic carboxylic acids is 1. The van der Waals surface area contributed by atoms with Crippen LogP contribution in [0.1, 0.15) is 10.4 Å². The van der Waals surface area contributed by atoms with E-state index in [1.807, 2.05) is 0 Å². The lowest BCUT2D eigenvalue weighted by Crippen LogP contribution is -2.00. The first-order chi connectivity index (χ1) is 6.18. The number of carboxylic acids is 1. The first-order valence-electron chi connectivity index (χ1n) is 3.40. The van der Waals surface area contributed by atoms with Crippen molar-refractivity contribution in [2.75, 3.05) is 0 Å². The van der Waals surface area contributed by atoms with Gasteiger partial charge in [0.2, 0.25) is 0 Å². The van der Waals surface area contributed by atoms with Crippen LogP contribution in [0.5, 0.6) is 0 Å². The minimum Gasteiger partial charge on any atom is -0.478 e. The number of hydrogen-bond donors (Lipinski definition) is 1. The Bertz CT molecular complexity index is 480. The Kier molecular flexibility index (Phi) is 1.77. The molecule has 0 aliphatic carbocycles. The van der Waals surface area contributed by atoms with Gasteiger partial charge in [0, 0.05) is 10.7 Å². The van der Waals surface area contributed by atoms with Crippen LogP contribution in [0.3, 0.4) is 0 Å². The highest BCUT2D eigenvalue weighted by Gasteiger charge is 2.11. The Morgan fingerprint density at radius 2 is 2.38 bits per heavy atom. The number of hydrogen-bond acceptors (Lipinski definition) is 3. The highest BCUT2D eigenvalue weighted by atomic mass is 79.9. The topological polar surface area (TPSA) is 67.5 Å². The van der Waals surface area contributed by atoms with E-state index in [-0.39, 0.29) is 5.56 Å². The smallest absolute Gasteiger partial charge is 0.339 e. The third-order valence-electron chi connectivity index (χ3n) is 1.59. The van der Waals surface area contributed by atoms with Crippen LogP contribution < -0.4 is 0 Å². The number of halogens is 1. The van der Waals surface area contributed by atoms with Gasteiger partial charge in [-0.15, -0.1) is 10.2 Å². The molecular formula is C7H4BrN3O2. The predicted molar refractivity (Wildman–Crippen MR) is 47.6 cm³/mol. The van der Waals surface area contributed by atoms with Crippen molar-refractivity contribution in [1.29, 1.82) is 0 Å². The van der Waals surface area contributed by atoms with Gasteiger partial charge in [0.25, 0.3) is 0 Å². The Balaban J connectivity index is 2.84. The second-order valence-corrected chi connectivity index (χ2v) is 3.35. The fourth-order valence-corrected chi connectivity index (χ4v) is 1.51. The van der Waals surface area contributed by atoms with Crippen molar-refractivity contribution in [3.05, 3.63) is 28.6 Å². The lowest BCUT2D eigenvalue weighted by Gasteiger charge is -1.98. The summed E-state index contributed by atoms with van der Waals surface area (Å²) in [5.74, 6) is -1.01. The Morgan fingerprint density at radius 3 is 3.08 bits per heavy atom. The van der Waals surface area contributed by atoms with Gasteiger partial charge < -0.3 is 5.11 Å². The molecule has 0 fully saturated rings. The lowest BCUT2D eigenvalue weighted by molar-refractivity contribution is 0.0698. The average Bonchev–Trinajstić information content (AvgIpc) is 2.49. The normalized spacial score (nSPS) is 10.5. The van der Waals surface area contributed by atoms with Gasteiger partial charge in [-0.2, -0.15) is 0 Å². The molecule has 2 aromatic rings. The molecular weight excluding hydrogens is 238 g/mol. The Hall–Kier alpha value is -1.43.